The summed E-state index contributed by atoms with van der Waals surface area (Å²) in [5, 5.41) is 2.75. The molecule has 19 heavy (non-hydrogen) atoms. The Morgan fingerprint density at radius 3 is 2.63 bits per heavy atom. The molecule has 0 radical (unpaired) electrons. The average Bonchev–Trinajstić information content (AvgIpc) is 2.42. The van der Waals surface area contributed by atoms with E-state index in [1.54, 1.807) is 12.1 Å². The first-order chi connectivity index (χ1) is 8.98. The SMILES string of the molecule is COc1cccc2c1NC(=O)C1(CCC1)CS2(=O)=O. The number of carbonyl (C=O) groups excluding carboxylic acids is 1. The third kappa shape index (κ3) is 1.74. The summed E-state index contributed by atoms with van der Waals surface area (Å²) in [5.41, 5.74) is -0.471. The van der Waals surface area contributed by atoms with Gasteiger partial charge in [-0.2, -0.15) is 0 Å². The fourth-order valence-electron chi connectivity index (χ4n) is 2.79. The number of hydrogen-bond donors (Lipinski definition) is 1. The summed E-state index contributed by atoms with van der Waals surface area (Å²) in [5.74, 6) is 0.0720. The van der Waals surface area contributed by atoms with Crippen molar-refractivity contribution in [3.05, 3.63) is 18.2 Å². The quantitative estimate of drug-likeness (QED) is 0.848. The van der Waals surface area contributed by atoms with E-state index in [0.29, 0.717) is 18.6 Å². The standard InChI is InChI=1S/C13H15NO4S/c1-18-9-4-2-5-10-11(9)14-12(15)13(6-3-7-13)8-19(10,16)17/h2,4-5H,3,6-8H2,1H3,(H,14,15). The van der Waals surface area contributed by atoms with Crippen LogP contribution in [-0.2, 0) is 14.6 Å². The summed E-state index contributed by atoms with van der Waals surface area (Å²) in [6, 6.07) is 4.79. The summed E-state index contributed by atoms with van der Waals surface area (Å²) in [4.78, 5) is 12.5. The molecule has 2 aliphatic rings. The van der Waals surface area contributed by atoms with Gasteiger partial charge in [-0.1, -0.05) is 12.5 Å². The highest BCUT2D eigenvalue weighted by Gasteiger charge is 2.50. The van der Waals surface area contributed by atoms with Crippen LogP contribution in [0.25, 0.3) is 0 Å². The number of carbonyl (C=O) groups is 1. The summed E-state index contributed by atoms with van der Waals surface area (Å²) in [6.45, 7) is 0. The molecule has 3 rings (SSSR count). The molecule has 5 nitrogen and oxygen atoms in total. The van der Waals surface area contributed by atoms with Crippen molar-refractivity contribution in [3.8, 4) is 5.75 Å². The molecule has 1 aromatic rings. The molecule has 0 saturated heterocycles. The zero-order chi connectivity index (χ0) is 13.7. The molecule has 1 aliphatic heterocycles. The van der Waals surface area contributed by atoms with Crippen LogP contribution in [0, 0.1) is 5.41 Å². The van der Waals surface area contributed by atoms with Crippen LogP contribution in [0.1, 0.15) is 19.3 Å². The Hall–Kier alpha value is -1.56. The van der Waals surface area contributed by atoms with Gasteiger partial charge in [0.15, 0.2) is 9.84 Å². The molecule has 0 bridgehead atoms. The molecule has 102 valence electrons. The van der Waals surface area contributed by atoms with Crippen molar-refractivity contribution in [2.24, 2.45) is 5.41 Å². The molecule has 1 N–H and O–H groups in total. The minimum Gasteiger partial charge on any atom is -0.495 e. The van der Waals surface area contributed by atoms with Crippen LogP contribution in [0.2, 0.25) is 0 Å². The molecule has 1 saturated carbocycles. The maximum absolute atomic E-state index is 12.5. The summed E-state index contributed by atoms with van der Waals surface area (Å²) in [6.07, 6.45) is 2.17. The van der Waals surface area contributed by atoms with E-state index in [2.05, 4.69) is 5.32 Å². The van der Waals surface area contributed by atoms with Gasteiger partial charge >= 0.3 is 0 Å². The highest BCUT2D eigenvalue weighted by atomic mass is 32.2. The Bertz CT molecular complexity index is 647. The lowest BCUT2D eigenvalue weighted by molar-refractivity contribution is -0.128. The molecule has 1 heterocycles. The fraction of sp³-hybridized carbons (Fsp3) is 0.462. The van der Waals surface area contributed by atoms with E-state index < -0.39 is 15.3 Å². The summed E-state index contributed by atoms with van der Waals surface area (Å²) < 4.78 is 30.1. The smallest absolute Gasteiger partial charge is 0.231 e. The Morgan fingerprint density at radius 1 is 1.32 bits per heavy atom. The van der Waals surface area contributed by atoms with Crippen molar-refractivity contribution in [2.75, 3.05) is 18.2 Å². The number of fused-ring (bicyclic) bond motifs is 1. The normalized spacial score (nSPS) is 22.9. The van der Waals surface area contributed by atoms with Gasteiger partial charge in [-0.25, -0.2) is 8.42 Å². The predicted molar refractivity (Wildman–Crippen MR) is 70.0 cm³/mol. The van der Waals surface area contributed by atoms with E-state index in [4.69, 9.17) is 4.74 Å². The molecular formula is C13H15NO4S. The Balaban J connectivity index is 2.19. The lowest BCUT2D eigenvalue weighted by atomic mass is 9.69. The lowest BCUT2D eigenvalue weighted by Gasteiger charge is -2.38. The first-order valence-corrected chi connectivity index (χ1v) is 7.85. The van der Waals surface area contributed by atoms with Crippen LogP contribution >= 0.6 is 0 Å². The number of methoxy groups -OCH3 is 1. The molecule has 0 aromatic heterocycles. The molecule has 0 atom stereocenters. The highest BCUT2D eigenvalue weighted by Crippen LogP contribution is 2.48. The zero-order valence-electron chi connectivity index (χ0n) is 10.6. The van der Waals surface area contributed by atoms with E-state index in [1.165, 1.54) is 13.2 Å². The number of sulfone groups is 1. The fourth-order valence-corrected chi connectivity index (χ4v) is 4.84. The molecule has 1 aromatic carbocycles. The van der Waals surface area contributed by atoms with Gasteiger partial charge in [0.1, 0.15) is 11.4 Å². The Labute approximate surface area is 111 Å². The van der Waals surface area contributed by atoms with Crippen molar-refractivity contribution in [1.82, 2.24) is 0 Å². The number of hydrogen-bond acceptors (Lipinski definition) is 4. The Kier molecular flexibility index (Phi) is 2.60. The van der Waals surface area contributed by atoms with Crippen molar-refractivity contribution in [1.29, 1.82) is 0 Å². The molecule has 1 amide bonds. The van der Waals surface area contributed by atoms with Gasteiger partial charge in [0.05, 0.1) is 23.2 Å². The number of amides is 1. The summed E-state index contributed by atoms with van der Waals surface area (Å²) in [7, 11) is -2.02. The van der Waals surface area contributed by atoms with Gasteiger partial charge in [0.25, 0.3) is 0 Å². The molecule has 6 heteroatoms. The van der Waals surface area contributed by atoms with E-state index in [9.17, 15) is 13.2 Å². The Morgan fingerprint density at radius 2 is 2.05 bits per heavy atom. The van der Waals surface area contributed by atoms with Crippen molar-refractivity contribution in [2.45, 2.75) is 24.2 Å². The second-order valence-corrected chi connectivity index (χ2v) is 7.14. The minimum absolute atomic E-state index is 0.105. The number of para-hydroxylation sites is 1. The van der Waals surface area contributed by atoms with Crippen LogP contribution in [0.5, 0.6) is 5.75 Å². The van der Waals surface area contributed by atoms with E-state index in [0.717, 1.165) is 6.42 Å². The largest absolute Gasteiger partial charge is 0.495 e. The number of ether oxygens (including phenoxy) is 1. The van der Waals surface area contributed by atoms with Crippen molar-refractivity contribution >= 4 is 21.4 Å². The maximum atomic E-state index is 12.5. The van der Waals surface area contributed by atoms with Gasteiger partial charge < -0.3 is 10.1 Å². The molecule has 1 aliphatic carbocycles. The zero-order valence-corrected chi connectivity index (χ0v) is 11.4. The third-order valence-electron chi connectivity index (χ3n) is 4.04. The molecule has 0 unspecified atom stereocenters. The van der Waals surface area contributed by atoms with Crippen LogP contribution in [0.15, 0.2) is 23.1 Å². The van der Waals surface area contributed by atoms with E-state index in [-0.39, 0.29) is 22.2 Å². The summed E-state index contributed by atoms with van der Waals surface area (Å²) >= 11 is 0. The number of benzene rings is 1. The van der Waals surface area contributed by atoms with Gasteiger partial charge in [0, 0.05) is 0 Å². The van der Waals surface area contributed by atoms with Gasteiger partial charge in [0.2, 0.25) is 5.91 Å². The van der Waals surface area contributed by atoms with Crippen LogP contribution < -0.4 is 10.1 Å². The van der Waals surface area contributed by atoms with Crippen LogP contribution in [0.4, 0.5) is 5.69 Å². The van der Waals surface area contributed by atoms with Gasteiger partial charge in [-0.3, -0.25) is 4.79 Å². The van der Waals surface area contributed by atoms with Crippen molar-refractivity contribution in [3.63, 3.8) is 0 Å². The number of nitrogens with one attached hydrogen (secondary N) is 1. The first kappa shape index (κ1) is 12.5. The third-order valence-corrected chi connectivity index (χ3v) is 5.98. The van der Waals surface area contributed by atoms with Gasteiger partial charge in [-0.05, 0) is 25.0 Å². The topological polar surface area (TPSA) is 72.5 Å². The monoisotopic (exact) mass is 281 g/mol. The highest BCUT2D eigenvalue weighted by molar-refractivity contribution is 7.91. The van der Waals surface area contributed by atoms with E-state index >= 15 is 0 Å². The minimum atomic E-state index is -3.48. The van der Waals surface area contributed by atoms with Crippen LogP contribution in [0.3, 0.4) is 0 Å². The lowest BCUT2D eigenvalue weighted by Crippen LogP contribution is -2.45. The average molecular weight is 281 g/mol. The second-order valence-electron chi connectivity index (χ2n) is 5.18. The van der Waals surface area contributed by atoms with E-state index in [1.807, 2.05) is 0 Å². The molecule has 1 spiro atoms. The first-order valence-electron chi connectivity index (χ1n) is 6.20. The second kappa shape index (κ2) is 3.96. The van der Waals surface area contributed by atoms with Crippen molar-refractivity contribution < 1.29 is 17.9 Å². The number of anilines is 1. The molecule has 1 fully saturated rings. The predicted octanol–water partition coefficient (Wildman–Crippen LogP) is 1.59. The maximum Gasteiger partial charge on any atom is 0.231 e. The number of rotatable bonds is 1. The molecular weight excluding hydrogens is 266 g/mol. The van der Waals surface area contributed by atoms with Gasteiger partial charge in [-0.15, -0.1) is 0 Å². The van der Waals surface area contributed by atoms with Crippen LogP contribution in [-0.4, -0.2) is 27.2 Å².